The molecule has 0 unspecified atom stereocenters. The molecule has 3 aromatic rings. The van der Waals surface area contributed by atoms with Gasteiger partial charge in [0.25, 0.3) is 0 Å². The van der Waals surface area contributed by atoms with Gasteiger partial charge in [-0.15, -0.1) is 0 Å². The quantitative estimate of drug-likeness (QED) is 0.435. The van der Waals surface area contributed by atoms with E-state index in [1.807, 2.05) is 47.1 Å². The average Bonchev–Trinajstić information content (AvgIpc) is 3.30. The minimum Gasteiger partial charge on any atom is -0.496 e. The van der Waals surface area contributed by atoms with Gasteiger partial charge in [-0.3, -0.25) is 9.69 Å². The van der Waals surface area contributed by atoms with Crippen LogP contribution in [0.25, 0.3) is 0 Å². The molecule has 2 aliphatic heterocycles. The first-order chi connectivity index (χ1) is 18.0. The Morgan fingerprint density at radius 2 is 1.84 bits per heavy atom. The van der Waals surface area contributed by atoms with Crippen molar-refractivity contribution in [3.05, 3.63) is 77.9 Å². The van der Waals surface area contributed by atoms with Crippen LogP contribution in [0.3, 0.4) is 0 Å². The Labute approximate surface area is 221 Å². The lowest BCUT2D eigenvalue weighted by atomic mass is 10.1. The number of nitrogens with zero attached hydrogens (tertiary/aromatic N) is 5. The molecule has 2 aliphatic rings. The van der Waals surface area contributed by atoms with Gasteiger partial charge < -0.3 is 14.5 Å². The van der Waals surface area contributed by atoms with Crippen molar-refractivity contribution in [1.29, 1.82) is 0 Å². The lowest BCUT2D eigenvalue weighted by Crippen LogP contribution is -2.53. The Bertz CT molecular complexity index is 1240. The maximum absolute atomic E-state index is 14.3. The van der Waals surface area contributed by atoms with E-state index >= 15 is 0 Å². The molecule has 7 nitrogen and oxygen atoms in total. The molecule has 37 heavy (non-hydrogen) atoms. The number of aromatic nitrogens is 2. The molecule has 5 rings (SSSR count). The van der Waals surface area contributed by atoms with Crippen molar-refractivity contribution in [2.75, 3.05) is 44.7 Å². The zero-order valence-electron chi connectivity index (χ0n) is 21.2. The third kappa shape index (κ3) is 5.88. The second-order valence-electron chi connectivity index (χ2n) is 9.48. The molecule has 2 aromatic carbocycles. The predicted octanol–water partition coefficient (Wildman–Crippen LogP) is 4.02. The van der Waals surface area contributed by atoms with Gasteiger partial charge in [-0.2, -0.15) is 0 Å². The molecule has 2 saturated heterocycles. The van der Waals surface area contributed by atoms with E-state index < -0.39 is 0 Å². The van der Waals surface area contributed by atoms with Gasteiger partial charge in [-0.1, -0.05) is 42.1 Å². The number of para-hydroxylation sites is 2. The molecule has 0 bridgehead atoms. The number of ether oxygens (including phenoxy) is 1. The van der Waals surface area contributed by atoms with Gasteiger partial charge in [0.05, 0.1) is 18.8 Å². The van der Waals surface area contributed by atoms with E-state index in [1.165, 1.54) is 6.07 Å². The van der Waals surface area contributed by atoms with Crippen molar-refractivity contribution in [2.24, 2.45) is 0 Å². The number of piperazine rings is 1. The Hall–Kier alpha value is -3.17. The summed E-state index contributed by atoms with van der Waals surface area (Å²) in [5.74, 6) is 0.737. The molecule has 1 aromatic heterocycles. The molecule has 3 heterocycles. The third-order valence-electron chi connectivity index (χ3n) is 7.05. The summed E-state index contributed by atoms with van der Waals surface area (Å²) in [5, 5.41) is 0.944. The SMILES string of the molecule is COc1ccccc1CN1C[C@H](Sc2nccc(C)n2)C[C@H]1C(=O)N1CCN(c2ccccc2F)CC1. The fraction of sp³-hybridized carbons (Fsp3) is 0.393. The van der Waals surface area contributed by atoms with Gasteiger partial charge in [0.15, 0.2) is 5.16 Å². The molecular formula is C28H32FN5O2S. The van der Waals surface area contributed by atoms with E-state index in [1.54, 1.807) is 37.2 Å². The Kier molecular flexibility index (Phi) is 7.90. The number of methoxy groups -OCH3 is 1. The molecule has 0 saturated carbocycles. The van der Waals surface area contributed by atoms with Crippen LogP contribution in [0.1, 0.15) is 17.7 Å². The highest BCUT2D eigenvalue weighted by atomic mass is 32.2. The molecule has 9 heteroatoms. The maximum atomic E-state index is 14.3. The van der Waals surface area contributed by atoms with E-state index in [9.17, 15) is 9.18 Å². The first-order valence-electron chi connectivity index (χ1n) is 12.6. The van der Waals surface area contributed by atoms with Gasteiger partial charge >= 0.3 is 0 Å². The number of hydrogen-bond donors (Lipinski definition) is 0. The summed E-state index contributed by atoms with van der Waals surface area (Å²) in [4.78, 5) is 29.0. The number of likely N-dealkylation sites (tertiary alicyclic amines) is 1. The number of carbonyl (C=O) groups excluding carboxylic acids is 1. The molecule has 0 N–H and O–H groups in total. The zero-order valence-corrected chi connectivity index (χ0v) is 22.0. The van der Waals surface area contributed by atoms with E-state index in [0.29, 0.717) is 38.4 Å². The normalized spacial score (nSPS) is 20.3. The van der Waals surface area contributed by atoms with Crippen LogP contribution in [0.15, 0.2) is 66.0 Å². The van der Waals surface area contributed by atoms with Crippen LogP contribution in [0.4, 0.5) is 10.1 Å². The van der Waals surface area contributed by atoms with Crippen molar-refractivity contribution in [3.63, 3.8) is 0 Å². The highest BCUT2D eigenvalue weighted by Crippen LogP contribution is 2.34. The minimum absolute atomic E-state index is 0.136. The first kappa shape index (κ1) is 25.5. The molecule has 1 amide bonds. The molecule has 0 aliphatic carbocycles. The number of carbonyl (C=O) groups is 1. The van der Waals surface area contributed by atoms with Gasteiger partial charge in [0, 0.05) is 62.0 Å². The van der Waals surface area contributed by atoms with E-state index in [4.69, 9.17) is 4.74 Å². The lowest BCUT2D eigenvalue weighted by Gasteiger charge is -2.38. The van der Waals surface area contributed by atoms with Crippen LogP contribution in [0.5, 0.6) is 5.75 Å². The fourth-order valence-electron chi connectivity index (χ4n) is 5.15. The third-order valence-corrected chi connectivity index (χ3v) is 8.13. The Morgan fingerprint density at radius 1 is 1.08 bits per heavy atom. The van der Waals surface area contributed by atoms with Gasteiger partial charge in [-0.25, -0.2) is 14.4 Å². The predicted molar refractivity (Wildman–Crippen MR) is 143 cm³/mol. The smallest absolute Gasteiger partial charge is 0.240 e. The first-order valence-corrected chi connectivity index (χ1v) is 13.5. The van der Waals surface area contributed by atoms with Crippen LogP contribution in [0, 0.1) is 12.7 Å². The van der Waals surface area contributed by atoms with Gasteiger partial charge in [0.1, 0.15) is 11.6 Å². The molecule has 2 atom stereocenters. The monoisotopic (exact) mass is 521 g/mol. The Balaban J connectivity index is 1.30. The van der Waals surface area contributed by atoms with Crippen LogP contribution in [0.2, 0.25) is 0 Å². The number of rotatable bonds is 7. The van der Waals surface area contributed by atoms with Crippen molar-refractivity contribution in [1.82, 2.24) is 19.8 Å². The van der Waals surface area contributed by atoms with E-state index in [0.717, 1.165) is 35.1 Å². The van der Waals surface area contributed by atoms with Crippen LogP contribution >= 0.6 is 11.8 Å². The summed E-state index contributed by atoms with van der Waals surface area (Å²) < 4.78 is 19.9. The largest absolute Gasteiger partial charge is 0.496 e. The summed E-state index contributed by atoms with van der Waals surface area (Å²) in [5.41, 5.74) is 2.59. The van der Waals surface area contributed by atoms with Gasteiger partial charge in [0.2, 0.25) is 5.91 Å². The summed E-state index contributed by atoms with van der Waals surface area (Å²) in [7, 11) is 1.67. The highest BCUT2D eigenvalue weighted by Gasteiger charge is 2.40. The average molecular weight is 522 g/mol. The van der Waals surface area contributed by atoms with Crippen molar-refractivity contribution >= 4 is 23.4 Å². The molecule has 0 spiro atoms. The molecular weight excluding hydrogens is 489 g/mol. The number of benzene rings is 2. The van der Waals surface area contributed by atoms with Crippen molar-refractivity contribution in [3.8, 4) is 5.75 Å². The topological polar surface area (TPSA) is 61.8 Å². The van der Waals surface area contributed by atoms with Crippen LogP contribution < -0.4 is 9.64 Å². The van der Waals surface area contributed by atoms with E-state index in [-0.39, 0.29) is 23.0 Å². The second-order valence-corrected chi connectivity index (χ2v) is 10.7. The number of amides is 1. The number of anilines is 1. The van der Waals surface area contributed by atoms with Crippen LogP contribution in [-0.4, -0.2) is 76.8 Å². The summed E-state index contributed by atoms with van der Waals surface area (Å²) >= 11 is 1.64. The number of aryl methyl sites for hydroxylation is 1. The number of halogens is 1. The summed E-state index contributed by atoms with van der Waals surface area (Å²) in [6, 6.07) is 16.4. The van der Waals surface area contributed by atoms with Crippen molar-refractivity contribution < 1.29 is 13.9 Å². The second kappa shape index (κ2) is 11.5. The fourth-order valence-corrected chi connectivity index (χ4v) is 6.31. The maximum Gasteiger partial charge on any atom is 0.240 e. The summed E-state index contributed by atoms with van der Waals surface area (Å²) in [6.07, 6.45) is 2.51. The number of hydrogen-bond acceptors (Lipinski definition) is 7. The summed E-state index contributed by atoms with van der Waals surface area (Å²) in [6.45, 7) is 5.72. The molecule has 194 valence electrons. The van der Waals surface area contributed by atoms with E-state index in [2.05, 4.69) is 20.9 Å². The van der Waals surface area contributed by atoms with Crippen LogP contribution in [-0.2, 0) is 11.3 Å². The highest BCUT2D eigenvalue weighted by molar-refractivity contribution is 7.99. The number of thioether (sulfide) groups is 1. The minimum atomic E-state index is -0.243. The molecule has 0 radical (unpaired) electrons. The lowest BCUT2D eigenvalue weighted by molar-refractivity contribution is -0.136. The van der Waals surface area contributed by atoms with Crippen molar-refractivity contribution in [2.45, 2.75) is 36.3 Å². The van der Waals surface area contributed by atoms with Gasteiger partial charge in [-0.05, 0) is 37.6 Å². The standard InChI is InChI=1S/C28H32FN5O2S/c1-20-11-12-30-28(31-20)37-22-17-25(34(19-22)18-21-7-3-6-10-26(21)36-2)27(35)33-15-13-32(14-16-33)24-9-5-4-8-23(24)29/h3-12,22,25H,13-19H2,1-2H3/t22-,25+/m1/s1. The zero-order chi connectivity index (χ0) is 25.8. The Morgan fingerprint density at radius 3 is 2.59 bits per heavy atom. The molecule has 2 fully saturated rings.